The minimum absolute atomic E-state index is 1.12. The van der Waals surface area contributed by atoms with Crippen LogP contribution in [0.1, 0.15) is 0 Å². The largest absolute Gasteiger partial charge is 0.309 e. The van der Waals surface area contributed by atoms with Crippen LogP contribution < -0.4 is 4.90 Å². The average molecular weight is 769 g/mol. The molecule has 0 saturated carbocycles. The van der Waals surface area contributed by atoms with E-state index in [-0.39, 0.29) is 0 Å². The summed E-state index contributed by atoms with van der Waals surface area (Å²) in [7, 11) is 0. The first-order valence-corrected chi connectivity index (χ1v) is 21.0. The monoisotopic (exact) mass is 768 g/mol. The molecule has 0 saturated heterocycles. The molecule has 0 N–H and O–H groups in total. The number of benzene rings is 10. The second kappa shape index (κ2) is 13.6. The zero-order valence-corrected chi connectivity index (χ0v) is 32.9. The fourth-order valence-electron chi connectivity index (χ4n) is 9.20. The Morgan fingerprint density at radius 1 is 0.339 bits per heavy atom. The SMILES string of the molecule is c1ccc(-c2ccc(-n3c4ccccc4c4cc(-c5ccc(N(c6cc7ccccc7c7ccccc67)c6cccc7c6sc6ccccc67)cc5)ccc43)cc2)cc1. The molecule has 59 heavy (non-hydrogen) atoms. The lowest BCUT2D eigenvalue weighted by molar-refractivity contribution is 1.18. The van der Waals surface area contributed by atoms with E-state index in [4.69, 9.17) is 0 Å². The molecule has 2 heterocycles. The molecule has 0 aliphatic carbocycles. The Morgan fingerprint density at radius 2 is 0.932 bits per heavy atom. The van der Waals surface area contributed by atoms with Crippen LogP contribution in [0.3, 0.4) is 0 Å². The molecule has 0 atom stereocenters. The lowest BCUT2D eigenvalue weighted by Gasteiger charge is -2.28. The first kappa shape index (κ1) is 33.7. The minimum atomic E-state index is 1.12. The van der Waals surface area contributed by atoms with Gasteiger partial charge >= 0.3 is 0 Å². The topological polar surface area (TPSA) is 8.17 Å². The van der Waals surface area contributed by atoms with E-state index >= 15 is 0 Å². The molecular weight excluding hydrogens is 733 g/mol. The number of fused-ring (bicyclic) bond motifs is 9. The summed E-state index contributed by atoms with van der Waals surface area (Å²) in [6.45, 7) is 0. The van der Waals surface area contributed by atoms with E-state index in [1.807, 2.05) is 11.3 Å². The molecule has 0 spiro atoms. The maximum Gasteiger partial charge on any atom is 0.0640 e. The van der Waals surface area contributed by atoms with Gasteiger partial charge in [0.15, 0.2) is 0 Å². The molecule has 0 bridgehead atoms. The Morgan fingerprint density at radius 3 is 1.76 bits per heavy atom. The molecular formula is C56H36N2S. The van der Waals surface area contributed by atoms with E-state index in [0.717, 1.165) is 11.4 Å². The van der Waals surface area contributed by atoms with Crippen LogP contribution in [-0.2, 0) is 0 Å². The third-order valence-corrected chi connectivity index (χ3v) is 13.2. The molecule has 10 aromatic carbocycles. The highest BCUT2D eigenvalue weighted by molar-refractivity contribution is 7.26. The van der Waals surface area contributed by atoms with Crippen molar-refractivity contribution in [2.45, 2.75) is 0 Å². The maximum absolute atomic E-state index is 2.48. The van der Waals surface area contributed by atoms with Crippen molar-refractivity contribution >= 4 is 91.9 Å². The van der Waals surface area contributed by atoms with Crippen LogP contribution in [0.2, 0.25) is 0 Å². The summed E-state index contributed by atoms with van der Waals surface area (Å²) in [6, 6.07) is 79.9. The van der Waals surface area contributed by atoms with Gasteiger partial charge in [0, 0.05) is 43.0 Å². The molecule has 0 fully saturated rings. The third kappa shape index (κ3) is 5.47. The summed E-state index contributed by atoms with van der Waals surface area (Å²) < 4.78 is 4.98. The lowest BCUT2D eigenvalue weighted by Crippen LogP contribution is -2.10. The first-order valence-electron chi connectivity index (χ1n) is 20.2. The van der Waals surface area contributed by atoms with Crippen molar-refractivity contribution in [1.82, 2.24) is 4.57 Å². The van der Waals surface area contributed by atoms with Crippen LogP contribution in [0, 0.1) is 0 Å². The van der Waals surface area contributed by atoms with Crippen molar-refractivity contribution in [2.75, 3.05) is 4.90 Å². The molecule has 276 valence electrons. The second-order valence-electron chi connectivity index (χ2n) is 15.3. The number of thiophene rings is 1. The minimum Gasteiger partial charge on any atom is -0.309 e. The number of hydrogen-bond acceptors (Lipinski definition) is 2. The zero-order valence-electron chi connectivity index (χ0n) is 32.1. The number of para-hydroxylation sites is 1. The van der Waals surface area contributed by atoms with Crippen LogP contribution in [0.4, 0.5) is 17.1 Å². The Hall–Kier alpha value is -7.46. The molecule has 12 aromatic rings. The molecule has 3 heteroatoms. The zero-order chi connectivity index (χ0) is 38.9. The van der Waals surface area contributed by atoms with Gasteiger partial charge in [-0.05, 0) is 99.1 Å². The highest BCUT2D eigenvalue weighted by atomic mass is 32.1. The van der Waals surface area contributed by atoms with Crippen LogP contribution in [0.5, 0.6) is 0 Å². The first-order chi connectivity index (χ1) is 29.3. The van der Waals surface area contributed by atoms with Crippen LogP contribution in [0.25, 0.3) is 91.5 Å². The number of nitrogens with zero attached hydrogens (tertiary/aromatic N) is 2. The van der Waals surface area contributed by atoms with Crippen molar-refractivity contribution in [2.24, 2.45) is 0 Å². The summed E-state index contributed by atoms with van der Waals surface area (Å²) >= 11 is 1.87. The molecule has 0 unspecified atom stereocenters. The van der Waals surface area contributed by atoms with Crippen molar-refractivity contribution in [3.8, 4) is 27.9 Å². The molecule has 12 rings (SSSR count). The van der Waals surface area contributed by atoms with Gasteiger partial charge in [-0.25, -0.2) is 0 Å². The van der Waals surface area contributed by atoms with E-state index in [2.05, 4.69) is 228 Å². The molecule has 0 aliphatic rings. The quantitative estimate of drug-likeness (QED) is 0.153. The van der Waals surface area contributed by atoms with E-state index < -0.39 is 0 Å². The molecule has 2 nitrogen and oxygen atoms in total. The molecule has 0 radical (unpaired) electrons. The van der Waals surface area contributed by atoms with Crippen LogP contribution >= 0.6 is 11.3 Å². The number of aromatic nitrogens is 1. The predicted molar refractivity (Wildman–Crippen MR) is 254 cm³/mol. The lowest BCUT2D eigenvalue weighted by atomic mass is 9.98. The molecule has 0 aliphatic heterocycles. The van der Waals surface area contributed by atoms with Crippen molar-refractivity contribution in [3.05, 3.63) is 218 Å². The van der Waals surface area contributed by atoms with Crippen LogP contribution in [-0.4, -0.2) is 4.57 Å². The van der Waals surface area contributed by atoms with Gasteiger partial charge in [0.25, 0.3) is 0 Å². The van der Waals surface area contributed by atoms with Gasteiger partial charge in [0.2, 0.25) is 0 Å². The Balaban J connectivity index is 1.00. The highest BCUT2D eigenvalue weighted by Crippen LogP contribution is 2.48. The van der Waals surface area contributed by atoms with Gasteiger partial charge in [0.05, 0.1) is 27.1 Å². The van der Waals surface area contributed by atoms with Gasteiger partial charge in [-0.2, -0.15) is 0 Å². The van der Waals surface area contributed by atoms with Gasteiger partial charge in [-0.1, -0.05) is 158 Å². The van der Waals surface area contributed by atoms with Crippen molar-refractivity contribution in [1.29, 1.82) is 0 Å². The van der Waals surface area contributed by atoms with Gasteiger partial charge in [-0.3, -0.25) is 0 Å². The highest BCUT2D eigenvalue weighted by Gasteiger charge is 2.21. The molecule has 2 aromatic heterocycles. The Labute approximate surface area is 346 Å². The maximum atomic E-state index is 2.48. The summed E-state index contributed by atoms with van der Waals surface area (Å²) in [4.78, 5) is 2.48. The fourth-order valence-corrected chi connectivity index (χ4v) is 10.4. The van der Waals surface area contributed by atoms with E-state index in [1.165, 1.54) is 97.2 Å². The van der Waals surface area contributed by atoms with Gasteiger partial charge < -0.3 is 9.47 Å². The Kier molecular flexibility index (Phi) is 7.75. The van der Waals surface area contributed by atoms with Gasteiger partial charge in [0.1, 0.15) is 0 Å². The van der Waals surface area contributed by atoms with E-state index in [1.54, 1.807) is 0 Å². The van der Waals surface area contributed by atoms with Crippen LogP contribution in [0.15, 0.2) is 218 Å². The second-order valence-corrected chi connectivity index (χ2v) is 16.3. The fraction of sp³-hybridized carbons (Fsp3) is 0. The Bertz CT molecular complexity index is 3540. The number of anilines is 3. The normalized spacial score (nSPS) is 11.7. The number of hydrogen-bond donors (Lipinski definition) is 0. The van der Waals surface area contributed by atoms with Crippen molar-refractivity contribution in [3.63, 3.8) is 0 Å². The van der Waals surface area contributed by atoms with Gasteiger partial charge in [-0.15, -0.1) is 11.3 Å². The number of rotatable bonds is 6. The van der Waals surface area contributed by atoms with E-state index in [9.17, 15) is 0 Å². The average Bonchev–Trinajstić information content (AvgIpc) is 3.86. The summed E-state index contributed by atoms with van der Waals surface area (Å²) in [5.41, 5.74) is 11.9. The summed E-state index contributed by atoms with van der Waals surface area (Å²) in [5.74, 6) is 0. The standard InChI is InChI=1S/C56H36N2S/c1-2-13-37(14-3-1)38-25-30-42(31-26-38)57-51-22-10-8-19-47(51)50-35-40(29-34-52(50)57)39-27-32-43(33-28-39)58(53-23-12-21-49-48-20-9-11-24-55(48)59-56(49)53)54-36-41-15-4-5-16-44(41)45-17-6-7-18-46(45)54/h1-36H. The molecule has 0 amide bonds. The van der Waals surface area contributed by atoms with E-state index in [0.29, 0.717) is 0 Å². The third-order valence-electron chi connectivity index (χ3n) is 12.0. The summed E-state index contributed by atoms with van der Waals surface area (Å²) in [5, 5.41) is 10.1. The smallest absolute Gasteiger partial charge is 0.0640 e. The van der Waals surface area contributed by atoms with Crippen molar-refractivity contribution < 1.29 is 0 Å². The summed E-state index contributed by atoms with van der Waals surface area (Å²) in [6.07, 6.45) is 0. The predicted octanol–water partition coefficient (Wildman–Crippen LogP) is 16.3.